The average Bonchev–Trinajstić information content (AvgIpc) is 2.62. The molecule has 3 heteroatoms. The molecule has 0 unspecified atom stereocenters. The average molecular weight is 221 g/mol. The van der Waals surface area contributed by atoms with Crippen molar-refractivity contribution in [3.05, 3.63) is 23.8 Å². The summed E-state index contributed by atoms with van der Waals surface area (Å²) in [4.78, 5) is 1.44. The molecule has 1 saturated heterocycles. The largest absolute Gasteiger partial charge is 0.493 e. The summed E-state index contributed by atoms with van der Waals surface area (Å²) in [6.45, 7) is 3.08. The number of hydrogen-bond acceptors (Lipinski definition) is 3. The number of ether oxygens (including phenoxy) is 1. The number of fused-ring (bicyclic) bond motifs is 1. The molecule has 2 aliphatic heterocycles. The maximum Gasteiger partial charge on any atom is 0.119 e. The second-order valence-corrected chi connectivity index (χ2v) is 5.34. The van der Waals surface area contributed by atoms with Gasteiger partial charge >= 0.3 is 0 Å². The van der Waals surface area contributed by atoms with Crippen molar-refractivity contribution in [1.82, 2.24) is 5.32 Å². The highest BCUT2D eigenvalue weighted by atomic mass is 32.2. The van der Waals surface area contributed by atoms with Crippen LogP contribution in [0.25, 0.3) is 0 Å². The molecule has 2 nitrogen and oxygen atoms in total. The molecule has 0 bridgehead atoms. The maximum atomic E-state index is 5.79. The van der Waals surface area contributed by atoms with Gasteiger partial charge in [-0.2, -0.15) is 0 Å². The van der Waals surface area contributed by atoms with E-state index in [9.17, 15) is 0 Å². The van der Waals surface area contributed by atoms with E-state index in [1.165, 1.54) is 22.6 Å². The Morgan fingerprint density at radius 1 is 1.40 bits per heavy atom. The number of benzene rings is 1. The van der Waals surface area contributed by atoms with Crippen molar-refractivity contribution in [2.45, 2.75) is 11.3 Å². The third kappa shape index (κ3) is 1.99. The molecule has 0 atom stereocenters. The van der Waals surface area contributed by atoms with Crippen LogP contribution < -0.4 is 10.1 Å². The zero-order valence-corrected chi connectivity index (χ0v) is 9.48. The highest BCUT2D eigenvalue weighted by molar-refractivity contribution is 7.99. The van der Waals surface area contributed by atoms with Gasteiger partial charge < -0.3 is 10.1 Å². The highest BCUT2D eigenvalue weighted by Gasteiger charge is 2.17. The summed E-state index contributed by atoms with van der Waals surface area (Å²) < 4.78 is 5.79. The lowest BCUT2D eigenvalue weighted by Crippen LogP contribution is -2.45. The second kappa shape index (κ2) is 4.06. The predicted molar refractivity (Wildman–Crippen MR) is 62.7 cm³/mol. The Bertz CT molecular complexity index is 363. The van der Waals surface area contributed by atoms with Crippen LogP contribution in [-0.4, -0.2) is 25.4 Å². The fraction of sp³-hybridized carbons (Fsp3) is 0.500. The van der Waals surface area contributed by atoms with Crippen LogP contribution in [0, 0.1) is 5.92 Å². The van der Waals surface area contributed by atoms with Gasteiger partial charge in [-0.3, -0.25) is 0 Å². The number of hydrogen-bond donors (Lipinski definition) is 1. The lowest BCUT2D eigenvalue weighted by molar-refractivity contribution is 0.199. The van der Waals surface area contributed by atoms with E-state index in [0.29, 0.717) is 5.92 Å². The first kappa shape index (κ1) is 9.55. The van der Waals surface area contributed by atoms with Gasteiger partial charge in [0.1, 0.15) is 5.75 Å². The topological polar surface area (TPSA) is 21.3 Å². The van der Waals surface area contributed by atoms with E-state index in [0.717, 1.165) is 25.4 Å². The van der Waals surface area contributed by atoms with Gasteiger partial charge in [-0.1, -0.05) is 0 Å². The van der Waals surface area contributed by atoms with Crippen LogP contribution in [0.1, 0.15) is 5.56 Å². The second-order valence-electron chi connectivity index (χ2n) is 4.20. The van der Waals surface area contributed by atoms with Crippen LogP contribution in [0.4, 0.5) is 0 Å². The number of rotatable bonds is 3. The molecule has 1 aromatic carbocycles. The first-order valence-electron chi connectivity index (χ1n) is 5.51. The van der Waals surface area contributed by atoms with Crippen molar-refractivity contribution in [2.75, 3.05) is 25.4 Å². The minimum absolute atomic E-state index is 0.715. The highest BCUT2D eigenvalue weighted by Crippen LogP contribution is 2.33. The first-order chi connectivity index (χ1) is 7.42. The Hall–Kier alpha value is -0.670. The Kier molecular flexibility index (Phi) is 2.59. The van der Waals surface area contributed by atoms with Crippen molar-refractivity contribution in [3.8, 4) is 5.75 Å². The van der Waals surface area contributed by atoms with Gasteiger partial charge in [-0.25, -0.2) is 0 Å². The Labute approximate surface area is 94.4 Å². The summed E-state index contributed by atoms with van der Waals surface area (Å²) in [5, 5.41) is 3.26. The quantitative estimate of drug-likeness (QED) is 0.842. The summed E-state index contributed by atoms with van der Waals surface area (Å²) in [5.41, 5.74) is 1.46. The van der Waals surface area contributed by atoms with Crippen molar-refractivity contribution in [1.29, 1.82) is 0 Å². The lowest BCUT2D eigenvalue weighted by atomic mass is 10.1. The molecule has 80 valence electrons. The van der Waals surface area contributed by atoms with Crippen molar-refractivity contribution in [3.63, 3.8) is 0 Å². The van der Waals surface area contributed by atoms with Gasteiger partial charge in [0.15, 0.2) is 0 Å². The molecule has 3 rings (SSSR count). The van der Waals surface area contributed by atoms with Crippen molar-refractivity contribution < 1.29 is 4.74 Å². The summed E-state index contributed by atoms with van der Waals surface area (Å²) >= 11 is 1.95. The summed E-state index contributed by atoms with van der Waals surface area (Å²) in [6.07, 6.45) is 1.20. The smallest absolute Gasteiger partial charge is 0.119 e. The molecule has 1 N–H and O–H groups in total. The molecule has 1 fully saturated rings. The minimum Gasteiger partial charge on any atom is -0.493 e. The maximum absolute atomic E-state index is 5.79. The number of aryl methyl sites for hydroxylation is 1. The molecule has 0 amide bonds. The van der Waals surface area contributed by atoms with E-state index in [1.807, 2.05) is 11.8 Å². The van der Waals surface area contributed by atoms with Crippen molar-refractivity contribution in [2.24, 2.45) is 5.92 Å². The van der Waals surface area contributed by atoms with Gasteiger partial charge in [0.25, 0.3) is 0 Å². The SMILES string of the molecule is c1cc2c(cc1OCC1CNC1)CCS2. The van der Waals surface area contributed by atoms with E-state index < -0.39 is 0 Å². The predicted octanol–water partition coefficient (Wildman–Crippen LogP) is 1.93. The molecule has 0 radical (unpaired) electrons. The van der Waals surface area contributed by atoms with Crippen LogP contribution in [-0.2, 0) is 6.42 Å². The summed E-state index contributed by atoms with van der Waals surface area (Å²) in [6, 6.07) is 6.51. The van der Waals surface area contributed by atoms with Gasteiger partial charge in [0, 0.05) is 29.7 Å². The summed E-state index contributed by atoms with van der Waals surface area (Å²) in [7, 11) is 0. The summed E-state index contributed by atoms with van der Waals surface area (Å²) in [5.74, 6) is 2.99. The molecule has 0 spiro atoms. The molecular weight excluding hydrogens is 206 g/mol. The Balaban J connectivity index is 1.64. The van der Waals surface area contributed by atoms with Gasteiger partial charge in [-0.15, -0.1) is 11.8 Å². The monoisotopic (exact) mass is 221 g/mol. The minimum atomic E-state index is 0.715. The molecule has 0 aliphatic carbocycles. The fourth-order valence-electron chi connectivity index (χ4n) is 1.93. The molecule has 2 heterocycles. The molecule has 2 aliphatic rings. The molecule has 0 aromatic heterocycles. The fourth-order valence-corrected chi connectivity index (χ4v) is 2.99. The molecular formula is C12H15NOS. The van der Waals surface area contributed by atoms with E-state index in [2.05, 4.69) is 23.5 Å². The zero-order chi connectivity index (χ0) is 10.1. The van der Waals surface area contributed by atoms with Crippen LogP contribution in [0.2, 0.25) is 0 Å². The van der Waals surface area contributed by atoms with Crippen LogP contribution in [0.5, 0.6) is 5.75 Å². The van der Waals surface area contributed by atoms with Crippen molar-refractivity contribution >= 4 is 11.8 Å². The third-order valence-electron chi connectivity index (χ3n) is 3.01. The normalized spacial score (nSPS) is 19.7. The van der Waals surface area contributed by atoms with Gasteiger partial charge in [0.05, 0.1) is 6.61 Å². The van der Waals surface area contributed by atoms with Crippen LogP contribution in [0.15, 0.2) is 23.1 Å². The molecule has 1 aromatic rings. The first-order valence-corrected chi connectivity index (χ1v) is 6.49. The van der Waals surface area contributed by atoms with E-state index in [4.69, 9.17) is 4.74 Å². The van der Waals surface area contributed by atoms with Gasteiger partial charge in [0.2, 0.25) is 0 Å². The van der Waals surface area contributed by atoms with E-state index in [1.54, 1.807) is 0 Å². The van der Waals surface area contributed by atoms with E-state index >= 15 is 0 Å². The standard InChI is InChI=1S/C12H15NOS/c1-2-12-10(3-4-15-12)5-11(1)14-8-9-6-13-7-9/h1-2,5,9,13H,3-4,6-8H2. The van der Waals surface area contributed by atoms with Crippen LogP contribution in [0.3, 0.4) is 0 Å². The molecule has 0 saturated carbocycles. The third-order valence-corrected chi connectivity index (χ3v) is 4.13. The Morgan fingerprint density at radius 2 is 2.33 bits per heavy atom. The number of thioether (sulfide) groups is 1. The van der Waals surface area contributed by atoms with Gasteiger partial charge in [-0.05, 0) is 30.2 Å². The Morgan fingerprint density at radius 3 is 3.13 bits per heavy atom. The number of nitrogens with one attached hydrogen (secondary N) is 1. The lowest BCUT2D eigenvalue weighted by Gasteiger charge is -2.26. The zero-order valence-electron chi connectivity index (χ0n) is 8.66. The molecule has 15 heavy (non-hydrogen) atoms. The van der Waals surface area contributed by atoms with Crippen LogP contribution >= 0.6 is 11.8 Å². The van der Waals surface area contributed by atoms with E-state index in [-0.39, 0.29) is 0 Å².